The van der Waals surface area contributed by atoms with Crippen molar-refractivity contribution in [3.8, 4) is 0 Å². The molecule has 0 bridgehead atoms. The predicted octanol–water partition coefficient (Wildman–Crippen LogP) is 2.50. The van der Waals surface area contributed by atoms with Gasteiger partial charge in [-0.15, -0.1) is 0 Å². The first-order valence-electron chi connectivity index (χ1n) is 5.75. The molecule has 0 aliphatic rings. The molecule has 1 amide bonds. The summed E-state index contributed by atoms with van der Waals surface area (Å²) < 4.78 is 0. The lowest BCUT2D eigenvalue weighted by Gasteiger charge is -2.15. The molecule has 0 radical (unpaired) electrons. The lowest BCUT2D eigenvalue weighted by Crippen LogP contribution is -2.33. The number of nitrogens with two attached hydrogens (primary N) is 1. The number of hydrogen-bond acceptors (Lipinski definition) is 2. The van der Waals surface area contributed by atoms with E-state index >= 15 is 0 Å². The maximum Gasteiger partial charge on any atom is 0.251 e. The van der Waals surface area contributed by atoms with Crippen molar-refractivity contribution in [2.24, 2.45) is 0 Å². The van der Waals surface area contributed by atoms with Crippen LogP contribution in [0.25, 0.3) is 0 Å². The Morgan fingerprint density at radius 2 is 2.00 bits per heavy atom. The first-order chi connectivity index (χ1) is 7.58. The Balaban J connectivity index is 2.76. The van der Waals surface area contributed by atoms with Crippen molar-refractivity contribution >= 4 is 11.6 Å². The first-order valence-corrected chi connectivity index (χ1v) is 5.75. The number of carbonyl (C=O) groups excluding carboxylic acids is 1. The molecule has 1 aromatic rings. The van der Waals surface area contributed by atoms with E-state index in [1.165, 1.54) is 0 Å². The van der Waals surface area contributed by atoms with Crippen molar-refractivity contribution in [2.75, 3.05) is 5.73 Å². The second kappa shape index (κ2) is 5.54. The van der Waals surface area contributed by atoms with Crippen molar-refractivity contribution in [1.29, 1.82) is 0 Å². The molecule has 0 aromatic heterocycles. The lowest BCUT2D eigenvalue weighted by molar-refractivity contribution is 0.0935. The Kier molecular flexibility index (Phi) is 4.35. The zero-order valence-electron chi connectivity index (χ0n) is 10.2. The van der Waals surface area contributed by atoms with Crippen molar-refractivity contribution in [1.82, 2.24) is 5.32 Å². The molecule has 16 heavy (non-hydrogen) atoms. The highest BCUT2D eigenvalue weighted by Gasteiger charge is 2.10. The van der Waals surface area contributed by atoms with Gasteiger partial charge in [-0.25, -0.2) is 0 Å². The summed E-state index contributed by atoms with van der Waals surface area (Å²) in [5.41, 5.74) is 8.07. The molecule has 0 saturated heterocycles. The number of hydrogen-bond donors (Lipinski definition) is 2. The molecule has 0 fully saturated rings. The molecule has 1 rings (SSSR count). The predicted molar refractivity (Wildman–Crippen MR) is 67.4 cm³/mol. The summed E-state index contributed by atoms with van der Waals surface area (Å²) in [6.07, 6.45) is 1.90. The van der Waals surface area contributed by atoms with Gasteiger partial charge in [-0.2, -0.15) is 0 Å². The van der Waals surface area contributed by atoms with Crippen LogP contribution in [0.4, 0.5) is 5.69 Å². The molecule has 0 heterocycles. The van der Waals surface area contributed by atoms with Gasteiger partial charge in [0.05, 0.1) is 0 Å². The number of anilines is 1. The molecule has 0 spiro atoms. The Morgan fingerprint density at radius 3 is 2.50 bits per heavy atom. The number of rotatable bonds is 4. The molecule has 3 N–H and O–H groups in total. The average molecular weight is 220 g/mol. The Labute approximate surface area is 97.0 Å². The van der Waals surface area contributed by atoms with E-state index in [1.54, 1.807) is 6.07 Å². The minimum absolute atomic E-state index is 0.0413. The SMILES string of the molecule is CCC(CC)NC(=O)c1ccc(C)c(N)c1. The zero-order chi connectivity index (χ0) is 12.1. The van der Waals surface area contributed by atoms with Gasteiger partial charge in [-0.05, 0) is 37.5 Å². The Bertz CT molecular complexity index is 370. The third-order valence-electron chi connectivity index (χ3n) is 2.86. The quantitative estimate of drug-likeness (QED) is 0.766. The number of nitrogens with one attached hydrogen (secondary N) is 1. The van der Waals surface area contributed by atoms with Crippen LogP contribution in [0.5, 0.6) is 0 Å². The molecule has 0 aliphatic carbocycles. The minimum Gasteiger partial charge on any atom is -0.398 e. The standard InChI is InChI=1S/C13H20N2O/c1-4-11(5-2)15-13(16)10-7-6-9(3)12(14)8-10/h6-8,11H,4-5,14H2,1-3H3,(H,15,16). The van der Waals surface area contributed by atoms with Crippen LogP contribution in [0.1, 0.15) is 42.6 Å². The van der Waals surface area contributed by atoms with Crippen molar-refractivity contribution in [3.63, 3.8) is 0 Å². The molecule has 3 nitrogen and oxygen atoms in total. The molecular weight excluding hydrogens is 200 g/mol. The second-order valence-corrected chi connectivity index (χ2v) is 4.06. The Morgan fingerprint density at radius 1 is 1.38 bits per heavy atom. The van der Waals surface area contributed by atoms with Crippen LogP contribution in [-0.4, -0.2) is 11.9 Å². The highest BCUT2D eigenvalue weighted by atomic mass is 16.1. The van der Waals surface area contributed by atoms with Gasteiger partial charge in [0, 0.05) is 17.3 Å². The number of benzene rings is 1. The second-order valence-electron chi connectivity index (χ2n) is 4.06. The van der Waals surface area contributed by atoms with Gasteiger partial charge >= 0.3 is 0 Å². The number of aryl methyl sites for hydroxylation is 1. The smallest absolute Gasteiger partial charge is 0.251 e. The van der Waals surface area contributed by atoms with Gasteiger partial charge < -0.3 is 11.1 Å². The van der Waals surface area contributed by atoms with E-state index in [2.05, 4.69) is 19.2 Å². The van der Waals surface area contributed by atoms with Crippen molar-refractivity contribution < 1.29 is 4.79 Å². The van der Waals surface area contributed by atoms with E-state index in [-0.39, 0.29) is 11.9 Å². The van der Waals surface area contributed by atoms with Crippen LogP contribution in [0.3, 0.4) is 0 Å². The summed E-state index contributed by atoms with van der Waals surface area (Å²) in [7, 11) is 0. The maximum absolute atomic E-state index is 11.9. The van der Waals surface area contributed by atoms with E-state index in [9.17, 15) is 4.79 Å². The third kappa shape index (κ3) is 2.99. The molecule has 0 saturated carbocycles. The number of carbonyl (C=O) groups is 1. The van der Waals surface area contributed by atoms with Crippen LogP contribution in [0, 0.1) is 6.92 Å². The van der Waals surface area contributed by atoms with Gasteiger partial charge in [0.25, 0.3) is 5.91 Å². The molecule has 3 heteroatoms. The van der Waals surface area contributed by atoms with E-state index in [1.807, 2.05) is 19.1 Å². The van der Waals surface area contributed by atoms with Crippen molar-refractivity contribution in [3.05, 3.63) is 29.3 Å². The van der Waals surface area contributed by atoms with E-state index in [0.717, 1.165) is 18.4 Å². The van der Waals surface area contributed by atoms with E-state index < -0.39 is 0 Å². The molecule has 1 aromatic carbocycles. The van der Waals surface area contributed by atoms with Gasteiger partial charge in [0.1, 0.15) is 0 Å². The largest absolute Gasteiger partial charge is 0.398 e. The topological polar surface area (TPSA) is 55.1 Å². The third-order valence-corrected chi connectivity index (χ3v) is 2.86. The molecule has 0 unspecified atom stereocenters. The Hall–Kier alpha value is -1.51. The molecule has 0 aliphatic heterocycles. The highest BCUT2D eigenvalue weighted by Crippen LogP contribution is 2.13. The summed E-state index contributed by atoms with van der Waals surface area (Å²) in [6, 6.07) is 5.66. The normalized spacial score (nSPS) is 10.5. The number of amides is 1. The van der Waals surface area contributed by atoms with Crippen LogP contribution in [0.15, 0.2) is 18.2 Å². The van der Waals surface area contributed by atoms with Crippen molar-refractivity contribution in [2.45, 2.75) is 39.7 Å². The van der Waals surface area contributed by atoms with Crippen LogP contribution in [0.2, 0.25) is 0 Å². The summed E-state index contributed by atoms with van der Waals surface area (Å²) in [4.78, 5) is 11.9. The molecule has 88 valence electrons. The van der Waals surface area contributed by atoms with Crippen LogP contribution < -0.4 is 11.1 Å². The summed E-state index contributed by atoms with van der Waals surface area (Å²) in [5.74, 6) is -0.0413. The minimum atomic E-state index is -0.0413. The molecular formula is C13H20N2O. The van der Waals surface area contributed by atoms with E-state index in [0.29, 0.717) is 11.3 Å². The monoisotopic (exact) mass is 220 g/mol. The van der Waals surface area contributed by atoms with Gasteiger partial charge in [-0.1, -0.05) is 19.9 Å². The highest BCUT2D eigenvalue weighted by molar-refractivity contribution is 5.95. The summed E-state index contributed by atoms with van der Waals surface area (Å²) in [6.45, 7) is 6.06. The van der Waals surface area contributed by atoms with Crippen LogP contribution >= 0.6 is 0 Å². The summed E-state index contributed by atoms with van der Waals surface area (Å²) >= 11 is 0. The molecule has 0 atom stereocenters. The first kappa shape index (κ1) is 12.6. The van der Waals surface area contributed by atoms with Gasteiger partial charge in [0.2, 0.25) is 0 Å². The number of nitrogen functional groups attached to an aromatic ring is 1. The zero-order valence-corrected chi connectivity index (χ0v) is 10.2. The fourth-order valence-electron chi connectivity index (χ4n) is 1.54. The maximum atomic E-state index is 11.9. The fourth-order valence-corrected chi connectivity index (χ4v) is 1.54. The van der Waals surface area contributed by atoms with Gasteiger partial charge in [0.15, 0.2) is 0 Å². The van der Waals surface area contributed by atoms with Crippen LogP contribution in [-0.2, 0) is 0 Å². The summed E-state index contributed by atoms with van der Waals surface area (Å²) in [5, 5.41) is 2.98. The lowest BCUT2D eigenvalue weighted by atomic mass is 10.1. The van der Waals surface area contributed by atoms with E-state index in [4.69, 9.17) is 5.73 Å². The average Bonchev–Trinajstić information content (AvgIpc) is 2.29. The van der Waals surface area contributed by atoms with Gasteiger partial charge in [-0.3, -0.25) is 4.79 Å². The fraction of sp³-hybridized carbons (Fsp3) is 0.462.